The Morgan fingerprint density at radius 3 is 2.42 bits per heavy atom. The molecule has 13 heteroatoms. The second-order valence-electron chi connectivity index (χ2n) is 8.77. The molecule has 4 N–H and O–H groups in total. The van der Waals surface area contributed by atoms with Crippen LogP contribution >= 0.6 is 0 Å². The molecule has 1 aromatic carbocycles. The highest BCUT2D eigenvalue weighted by Crippen LogP contribution is 2.21. The molecule has 12 nitrogen and oxygen atoms in total. The quantitative estimate of drug-likeness (QED) is 0.425. The third-order valence-corrected chi connectivity index (χ3v) is 6.89. The number of piperazine rings is 1. The van der Waals surface area contributed by atoms with Crippen molar-refractivity contribution >= 4 is 27.8 Å². The van der Waals surface area contributed by atoms with Gasteiger partial charge in [-0.2, -0.15) is 8.42 Å². The van der Waals surface area contributed by atoms with Crippen LogP contribution in [0.2, 0.25) is 0 Å². The summed E-state index contributed by atoms with van der Waals surface area (Å²) in [4.78, 5) is 30.2. The number of amides is 1. The Morgan fingerprint density at radius 2 is 1.69 bits per heavy atom. The number of anilines is 2. The number of hydrogen-bond acceptors (Lipinski definition) is 9. The van der Waals surface area contributed by atoms with E-state index < -0.39 is 16.1 Å². The molecule has 1 fully saturated rings. The zero-order valence-electron chi connectivity index (χ0n) is 19.5. The van der Waals surface area contributed by atoms with Crippen molar-refractivity contribution in [3.8, 4) is 11.3 Å². The molecule has 5 aliphatic rings. The van der Waals surface area contributed by atoms with Crippen LogP contribution in [0.4, 0.5) is 11.6 Å². The van der Waals surface area contributed by atoms with Gasteiger partial charge in [-0.25, -0.2) is 15.1 Å². The number of pyridine rings is 1. The average molecular weight is 510 g/mol. The Bertz CT molecular complexity index is 1340. The van der Waals surface area contributed by atoms with E-state index in [1.165, 1.54) is 0 Å². The summed E-state index contributed by atoms with van der Waals surface area (Å²) in [6, 6.07) is 13.3. The molecule has 0 aliphatic carbocycles. The van der Waals surface area contributed by atoms with Crippen molar-refractivity contribution in [2.24, 2.45) is 5.14 Å². The molecule has 3 aromatic rings. The van der Waals surface area contributed by atoms with Crippen molar-refractivity contribution in [3.63, 3.8) is 0 Å². The number of carbonyl (C=O) groups excluding carboxylic acids is 1. The minimum absolute atomic E-state index is 0.0693. The first-order chi connectivity index (χ1) is 17.3. The van der Waals surface area contributed by atoms with Gasteiger partial charge in [0.15, 0.2) is 0 Å². The van der Waals surface area contributed by atoms with Crippen molar-refractivity contribution in [2.75, 3.05) is 38.0 Å². The van der Waals surface area contributed by atoms with Crippen molar-refractivity contribution in [1.82, 2.24) is 34.6 Å². The Morgan fingerprint density at radius 1 is 0.917 bits per heavy atom. The second-order valence-corrected chi connectivity index (χ2v) is 10.2. The van der Waals surface area contributed by atoms with Gasteiger partial charge in [0.25, 0.3) is 10.2 Å². The highest BCUT2D eigenvalue weighted by molar-refractivity contribution is 7.86. The maximum atomic E-state index is 12.6. The van der Waals surface area contributed by atoms with Crippen molar-refractivity contribution in [2.45, 2.75) is 13.1 Å². The number of nitrogens with one attached hydrogen (secondary N) is 2. The molecule has 0 unspecified atom stereocenters. The van der Waals surface area contributed by atoms with Crippen molar-refractivity contribution < 1.29 is 13.2 Å². The zero-order valence-corrected chi connectivity index (χ0v) is 20.4. The van der Waals surface area contributed by atoms with Gasteiger partial charge in [0.2, 0.25) is 11.9 Å². The van der Waals surface area contributed by atoms with Crippen LogP contribution < -0.4 is 15.9 Å². The fourth-order valence-corrected chi connectivity index (χ4v) is 4.75. The Kier molecular flexibility index (Phi) is 6.89. The summed E-state index contributed by atoms with van der Waals surface area (Å²) < 4.78 is 25.0. The van der Waals surface area contributed by atoms with Gasteiger partial charge >= 0.3 is 0 Å². The third kappa shape index (κ3) is 6.01. The summed E-state index contributed by atoms with van der Waals surface area (Å²) in [5.74, 6) is 0.00335. The van der Waals surface area contributed by atoms with E-state index in [0.29, 0.717) is 30.4 Å². The van der Waals surface area contributed by atoms with Gasteiger partial charge in [0, 0.05) is 56.4 Å². The maximum absolute atomic E-state index is 12.6. The van der Waals surface area contributed by atoms with Gasteiger partial charge in [0.1, 0.15) is 0 Å². The molecule has 1 saturated heterocycles. The predicted molar refractivity (Wildman–Crippen MR) is 133 cm³/mol. The summed E-state index contributed by atoms with van der Waals surface area (Å²) in [5, 5.41) is 8.63. The van der Waals surface area contributed by atoms with E-state index in [-0.39, 0.29) is 13.1 Å². The van der Waals surface area contributed by atoms with Crippen LogP contribution in [0.5, 0.6) is 0 Å². The summed E-state index contributed by atoms with van der Waals surface area (Å²) in [6.07, 6.45) is 3.25. The van der Waals surface area contributed by atoms with Crippen LogP contribution in [0.25, 0.3) is 11.3 Å². The normalized spacial score (nSPS) is 21.3. The Hall–Kier alpha value is -3.49. The fraction of sp³-hybridized carbons (Fsp3) is 0.304. The molecule has 0 radical (unpaired) electrons. The van der Waals surface area contributed by atoms with E-state index in [1.807, 2.05) is 17.0 Å². The maximum Gasteiger partial charge on any atom is 0.294 e. The number of aromatic nitrogens is 3. The van der Waals surface area contributed by atoms with E-state index >= 15 is 0 Å². The highest BCUT2D eigenvalue weighted by atomic mass is 32.2. The summed E-state index contributed by atoms with van der Waals surface area (Å²) in [5.41, 5.74) is 6.26. The first kappa shape index (κ1) is 24.2. The molecule has 0 saturated carbocycles. The highest BCUT2D eigenvalue weighted by Gasteiger charge is 2.24. The molecule has 0 atom stereocenters. The molecular formula is C23H27N9O3S. The number of hydrazine groups is 1. The lowest BCUT2D eigenvalue weighted by atomic mass is 10.1. The molecule has 5 aliphatic heterocycles. The van der Waals surface area contributed by atoms with Crippen LogP contribution in [0, 0.1) is 0 Å². The summed E-state index contributed by atoms with van der Waals surface area (Å²) >= 11 is 0. The number of rotatable bonds is 1. The number of benzene rings is 1. The minimum Gasteiger partial charge on any atom is -0.324 e. The third-order valence-electron chi connectivity index (χ3n) is 6.06. The largest absolute Gasteiger partial charge is 0.324 e. The molecule has 8 rings (SSSR count). The molecule has 8 bridgehead atoms. The van der Waals surface area contributed by atoms with Gasteiger partial charge in [0.05, 0.1) is 24.5 Å². The molecule has 7 heterocycles. The van der Waals surface area contributed by atoms with Crippen molar-refractivity contribution in [3.05, 3.63) is 66.1 Å². The lowest BCUT2D eigenvalue weighted by Gasteiger charge is -2.34. The van der Waals surface area contributed by atoms with Gasteiger partial charge in [-0.05, 0) is 35.9 Å². The number of hydrogen-bond donors (Lipinski definition) is 3. The topological polar surface area (TPSA) is 150 Å². The van der Waals surface area contributed by atoms with E-state index in [9.17, 15) is 13.2 Å². The Balaban J connectivity index is 1.46. The number of nitrogens with zero attached hydrogens (tertiary/aromatic N) is 6. The van der Waals surface area contributed by atoms with Crippen LogP contribution in [0.15, 0.2) is 54.9 Å². The first-order valence-electron chi connectivity index (χ1n) is 11.5. The monoisotopic (exact) mass is 509 g/mol. The predicted octanol–water partition coefficient (Wildman–Crippen LogP) is 0.450. The molecule has 1 amide bonds. The molecule has 36 heavy (non-hydrogen) atoms. The number of carbonyl (C=O) groups is 1. The Labute approximate surface area is 209 Å². The zero-order chi connectivity index (χ0) is 25.1. The number of nitrogens with two attached hydrogens (primary N) is 1. The average Bonchev–Trinajstić information content (AvgIpc) is 2.85. The van der Waals surface area contributed by atoms with Crippen LogP contribution in [0.1, 0.15) is 11.3 Å². The van der Waals surface area contributed by atoms with E-state index in [1.54, 1.807) is 30.6 Å². The summed E-state index contributed by atoms with van der Waals surface area (Å²) in [6.45, 7) is 3.57. The lowest BCUT2D eigenvalue weighted by molar-refractivity contribution is -0.125. The van der Waals surface area contributed by atoms with Crippen molar-refractivity contribution in [1.29, 1.82) is 0 Å². The minimum atomic E-state index is -4.20. The van der Waals surface area contributed by atoms with Crippen LogP contribution in [0.3, 0.4) is 0 Å². The van der Waals surface area contributed by atoms with E-state index in [4.69, 9.17) is 5.14 Å². The standard InChI is InChI=1S/C23H27N9O3S/c24-36(34,35)32-15-20-5-4-18(13-26-20)21-6-7-25-23(28-21)27-19-3-1-2-17(12-19)14-30-8-10-31(11-9-30)16-22(33)29-32/h1-7,12-13H,8-11,14-16H2,(H,29,33)(H2,24,34,35)(H,25,27,28). The molecule has 188 valence electrons. The van der Waals surface area contributed by atoms with Crippen LogP contribution in [-0.4, -0.2) is 76.2 Å². The van der Waals surface area contributed by atoms with E-state index in [0.717, 1.165) is 40.9 Å². The van der Waals surface area contributed by atoms with Gasteiger partial charge in [-0.3, -0.25) is 25.0 Å². The van der Waals surface area contributed by atoms with Crippen LogP contribution in [-0.2, 0) is 28.1 Å². The molecule has 2 aromatic heterocycles. The molecular weight excluding hydrogens is 482 g/mol. The van der Waals surface area contributed by atoms with Gasteiger partial charge in [-0.15, -0.1) is 0 Å². The van der Waals surface area contributed by atoms with E-state index in [2.05, 4.69) is 42.7 Å². The molecule has 0 spiro atoms. The fourth-order valence-electron chi connectivity index (χ4n) is 4.21. The smallest absolute Gasteiger partial charge is 0.294 e. The first-order valence-corrected chi connectivity index (χ1v) is 13.0. The SMILES string of the molecule is NS(=O)(=O)N1Cc2ccc(cn2)-c2ccnc(n2)Nc2cccc(c2)CN2CCN(CC2)CC(=O)N1. The van der Waals surface area contributed by atoms with Gasteiger partial charge < -0.3 is 5.32 Å². The summed E-state index contributed by atoms with van der Waals surface area (Å²) in [7, 11) is -4.20. The van der Waals surface area contributed by atoms with Gasteiger partial charge in [-0.1, -0.05) is 16.5 Å². The lowest BCUT2D eigenvalue weighted by Crippen LogP contribution is -2.53. The second kappa shape index (κ2) is 10.2.